The van der Waals surface area contributed by atoms with Gasteiger partial charge in [-0.1, -0.05) is 30.3 Å². The number of ether oxygens (including phenoxy) is 1. The second-order valence-corrected chi connectivity index (χ2v) is 6.60. The van der Waals surface area contributed by atoms with Gasteiger partial charge in [-0.25, -0.2) is 4.98 Å². The molecule has 1 aromatic carbocycles. The largest absolute Gasteiger partial charge is 0.385 e. The summed E-state index contributed by atoms with van der Waals surface area (Å²) in [5.74, 6) is 1.54. The van der Waals surface area contributed by atoms with Crippen molar-refractivity contribution >= 4 is 11.8 Å². The topological polar surface area (TPSA) is 63.2 Å². The van der Waals surface area contributed by atoms with Gasteiger partial charge in [0, 0.05) is 57.9 Å². The molecule has 0 radical (unpaired) electrons. The van der Waals surface area contributed by atoms with E-state index in [2.05, 4.69) is 27.3 Å². The Hall–Kier alpha value is -2.99. The number of pyridine rings is 1. The molecule has 0 fully saturated rings. The van der Waals surface area contributed by atoms with Crippen LogP contribution in [0.2, 0.25) is 0 Å². The van der Waals surface area contributed by atoms with Gasteiger partial charge in [0.1, 0.15) is 5.82 Å². The van der Waals surface area contributed by atoms with Gasteiger partial charge in [-0.15, -0.1) is 0 Å². The lowest BCUT2D eigenvalue weighted by atomic mass is 10.1. The molecule has 2 heterocycles. The number of rotatable bonds is 10. The van der Waals surface area contributed by atoms with Gasteiger partial charge in [0.05, 0.1) is 5.69 Å². The predicted octanol–water partition coefficient (Wildman–Crippen LogP) is 3.67. The summed E-state index contributed by atoms with van der Waals surface area (Å²) in [6.45, 7) is 2.35. The molecule has 0 saturated heterocycles. The zero-order valence-corrected chi connectivity index (χ0v) is 16.5. The quantitative estimate of drug-likeness (QED) is 0.544. The number of nitrogens with one attached hydrogen (secondary N) is 1. The molecule has 1 N–H and O–H groups in total. The van der Waals surface area contributed by atoms with Gasteiger partial charge in [0.2, 0.25) is 5.95 Å². The molecule has 0 aliphatic carbocycles. The molecule has 6 heteroatoms. The molecule has 0 spiro atoms. The van der Waals surface area contributed by atoms with Crippen LogP contribution in [0.25, 0.3) is 11.3 Å². The molecule has 0 bridgehead atoms. The maximum absolute atomic E-state index is 5.12. The van der Waals surface area contributed by atoms with Crippen LogP contribution in [-0.2, 0) is 11.2 Å². The normalized spacial score (nSPS) is 10.6. The van der Waals surface area contributed by atoms with E-state index in [-0.39, 0.29) is 0 Å². The fraction of sp³-hybridized carbons (Fsp3) is 0.318. The lowest BCUT2D eigenvalue weighted by Crippen LogP contribution is -2.23. The average molecular weight is 377 g/mol. The highest BCUT2D eigenvalue weighted by Crippen LogP contribution is 2.22. The summed E-state index contributed by atoms with van der Waals surface area (Å²) in [6, 6.07) is 16.3. The highest BCUT2D eigenvalue weighted by molar-refractivity contribution is 5.64. The SMILES string of the molecule is COCCCNc1cc(-c2ccccc2)nc(N(C)CCc2ccncc2)n1. The smallest absolute Gasteiger partial charge is 0.227 e. The Morgan fingerprint density at radius 3 is 2.57 bits per heavy atom. The van der Waals surface area contributed by atoms with Crippen LogP contribution in [0.15, 0.2) is 60.9 Å². The second kappa shape index (κ2) is 10.4. The van der Waals surface area contributed by atoms with E-state index in [9.17, 15) is 0 Å². The number of methoxy groups -OCH3 is 1. The summed E-state index contributed by atoms with van der Waals surface area (Å²) < 4.78 is 5.12. The van der Waals surface area contributed by atoms with Gasteiger partial charge < -0.3 is 15.0 Å². The van der Waals surface area contributed by atoms with Crippen LogP contribution in [0.3, 0.4) is 0 Å². The Morgan fingerprint density at radius 1 is 1.04 bits per heavy atom. The molecular formula is C22H27N5O. The minimum absolute atomic E-state index is 0.713. The molecule has 0 unspecified atom stereocenters. The minimum Gasteiger partial charge on any atom is -0.385 e. The molecule has 6 nitrogen and oxygen atoms in total. The molecule has 3 aromatic rings. The number of nitrogens with zero attached hydrogens (tertiary/aromatic N) is 4. The lowest BCUT2D eigenvalue weighted by Gasteiger charge is -2.19. The van der Waals surface area contributed by atoms with Crippen LogP contribution in [0, 0.1) is 0 Å². The molecule has 0 atom stereocenters. The maximum Gasteiger partial charge on any atom is 0.227 e. The fourth-order valence-corrected chi connectivity index (χ4v) is 2.83. The zero-order chi connectivity index (χ0) is 19.6. The Bertz CT molecular complexity index is 842. The van der Waals surface area contributed by atoms with Crippen molar-refractivity contribution in [2.24, 2.45) is 0 Å². The third kappa shape index (κ3) is 5.76. The van der Waals surface area contributed by atoms with Gasteiger partial charge in [-0.3, -0.25) is 4.98 Å². The van der Waals surface area contributed by atoms with Crippen molar-refractivity contribution < 1.29 is 4.74 Å². The van der Waals surface area contributed by atoms with Crippen molar-refractivity contribution in [2.45, 2.75) is 12.8 Å². The van der Waals surface area contributed by atoms with Crippen LogP contribution >= 0.6 is 0 Å². The van der Waals surface area contributed by atoms with Crippen molar-refractivity contribution in [3.8, 4) is 11.3 Å². The molecule has 0 saturated carbocycles. The fourth-order valence-electron chi connectivity index (χ4n) is 2.83. The Balaban J connectivity index is 1.77. The van der Waals surface area contributed by atoms with Gasteiger partial charge in [0.25, 0.3) is 0 Å². The van der Waals surface area contributed by atoms with Crippen LogP contribution in [-0.4, -0.2) is 48.8 Å². The molecule has 146 valence electrons. The minimum atomic E-state index is 0.713. The first-order chi connectivity index (χ1) is 13.8. The van der Waals surface area contributed by atoms with E-state index in [0.29, 0.717) is 5.95 Å². The molecule has 0 amide bonds. The number of anilines is 2. The van der Waals surface area contributed by atoms with Gasteiger partial charge in [-0.05, 0) is 30.5 Å². The maximum atomic E-state index is 5.12. The third-order valence-corrected chi connectivity index (χ3v) is 4.44. The Labute approximate surface area is 166 Å². The number of aromatic nitrogens is 3. The van der Waals surface area contributed by atoms with Gasteiger partial charge >= 0.3 is 0 Å². The molecule has 0 aliphatic heterocycles. The summed E-state index contributed by atoms with van der Waals surface area (Å²) in [5, 5.41) is 3.39. The van der Waals surface area contributed by atoms with E-state index in [4.69, 9.17) is 14.7 Å². The number of hydrogen-bond donors (Lipinski definition) is 1. The van der Waals surface area contributed by atoms with E-state index in [1.807, 2.05) is 55.8 Å². The monoisotopic (exact) mass is 377 g/mol. The lowest BCUT2D eigenvalue weighted by molar-refractivity contribution is 0.198. The molecule has 28 heavy (non-hydrogen) atoms. The second-order valence-electron chi connectivity index (χ2n) is 6.60. The summed E-state index contributed by atoms with van der Waals surface area (Å²) in [4.78, 5) is 15.7. The predicted molar refractivity (Wildman–Crippen MR) is 114 cm³/mol. The Morgan fingerprint density at radius 2 is 1.82 bits per heavy atom. The van der Waals surface area contributed by atoms with Crippen LogP contribution in [0.5, 0.6) is 0 Å². The van der Waals surface area contributed by atoms with E-state index in [1.54, 1.807) is 7.11 Å². The molecule has 3 rings (SSSR count). The summed E-state index contributed by atoms with van der Waals surface area (Å²) in [5.41, 5.74) is 3.24. The van der Waals surface area contributed by atoms with Crippen molar-refractivity contribution in [1.82, 2.24) is 15.0 Å². The van der Waals surface area contributed by atoms with Gasteiger partial charge in [-0.2, -0.15) is 4.98 Å². The summed E-state index contributed by atoms with van der Waals surface area (Å²) in [7, 11) is 3.74. The van der Waals surface area contributed by atoms with Gasteiger partial charge in [0.15, 0.2) is 0 Å². The standard InChI is InChI=1S/C22H27N5O/c1-27(15-11-18-9-13-23-14-10-18)22-25-20(19-7-4-3-5-8-19)17-21(26-22)24-12-6-16-28-2/h3-5,7-10,13-14,17H,6,11-12,15-16H2,1-2H3,(H,24,25,26). The zero-order valence-electron chi connectivity index (χ0n) is 16.5. The number of benzene rings is 1. The van der Waals surface area contributed by atoms with Crippen molar-refractivity contribution in [3.63, 3.8) is 0 Å². The highest BCUT2D eigenvalue weighted by Gasteiger charge is 2.10. The molecule has 0 aliphatic rings. The highest BCUT2D eigenvalue weighted by atomic mass is 16.5. The van der Waals surface area contributed by atoms with E-state index in [0.717, 1.165) is 49.6 Å². The van der Waals surface area contributed by atoms with E-state index < -0.39 is 0 Å². The van der Waals surface area contributed by atoms with Crippen molar-refractivity contribution in [3.05, 3.63) is 66.5 Å². The number of likely N-dealkylation sites (N-methyl/N-ethyl adjacent to an activating group) is 1. The number of hydrogen-bond acceptors (Lipinski definition) is 6. The van der Waals surface area contributed by atoms with E-state index in [1.165, 1.54) is 5.56 Å². The average Bonchev–Trinajstić information content (AvgIpc) is 2.76. The summed E-state index contributed by atoms with van der Waals surface area (Å²) >= 11 is 0. The van der Waals surface area contributed by atoms with Crippen molar-refractivity contribution in [2.75, 3.05) is 44.1 Å². The first kappa shape index (κ1) is 19.8. The molecular weight excluding hydrogens is 350 g/mol. The first-order valence-corrected chi connectivity index (χ1v) is 9.53. The third-order valence-electron chi connectivity index (χ3n) is 4.44. The van der Waals surface area contributed by atoms with Crippen molar-refractivity contribution in [1.29, 1.82) is 0 Å². The molecule has 2 aromatic heterocycles. The first-order valence-electron chi connectivity index (χ1n) is 9.53. The van der Waals surface area contributed by atoms with Crippen LogP contribution < -0.4 is 10.2 Å². The Kier molecular flexibility index (Phi) is 7.32. The van der Waals surface area contributed by atoms with E-state index >= 15 is 0 Å². The van der Waals surface area contributed by atoms with Crippen LogP contribution in [0.4, 0.5) is 11.8 Å². The summed E-state index contributed by atoms with van der Waals surface area (Å²) in [6.07, 6.45) is 5.48. The van der Waals surface area contributed by atoms with Crippen LogP contribution in [0.1, 0.15) is 12.0 Å².